The van der Waals surface area contributed by atoms with Gasteiger partial charge < -0.3 is 9.73 Å². The van der Waals surface area contributed by atoms with Crippen LogP contribution < -0.4 is 5.32 Å². The second kappa shape index (κ2) is 4.87. The zero-order valence-electron chi connectivity index (χ0n) is 12.1. The number of rotatable bonds is 2. The topological polar surface area (TPSA) is 60.1 Å². The molecule has 1 atom stereocenters. The fourth-order valence-electron chi connectivity index (χ4n) is 2.89. The maximum Gasteiger partial charge on any atom is 0.226 e. The Balaban J connectivity index is 1.74. The molecule has 22 heavy (non-hydrogen) atoms. The van der Waals surface area contributed by atoms with Gasteiger partial charge >= 0.3 is 0 Å². The summed E-state index contributed by atoms with van der Waals surface area (Å²) in [5, 5.41) is 7.10. The lowest BCUT2D eigenvalue weighted by atomic mass is 9.92. The normalized spacial score (nSPS) is 17.1. The summed E-state index contributed by atoms with van der Waals surface area (Å²) >= 11 is 0. The van der Waals surface area contributed by atoms with E-state index < -0.39 is 0 Å². The molecule has 3 heterocycles. The lowest BCUT2D eigenvalue weighted by Gasteiger charge is -2.21. The number of carbonyl (C=O) groups excluding carboxylic acids is 1. The highest BCUT2D eigenvalue weighted by atomic mass is 16.3. The van der Waals surface area contributed by atoms with Gasteiger partial charge in [0.05, 0.1) is 12.1 Å². The van der Waals surface area contributed by atoms with Gasteiger partial charge in [0.1, 0.15) is 17.3 Å². The number of anilines is 1. The number of amides is 1. The van der Waals surface area contributed by atoms with Crippen molar-refractivity contribution >= 4 is 11.7 Å². The van der Waals surface area contributed by atoms with E-state index in [1.165, 1.54) is 0 Å². The molecule has 1 aliphatic rings. The smallest absolute Gasteiger partial charge is 0.226 e. The van der Waals surface area contributed by atoms with E-state index >= 15 is 0 Å². The molecule has 5 heteroatoms. The summed E-state index contributed by atoms with van der Waals surface area (Å²) in [5.41, 5.74) is 2.02. The van der Waals surface area contributed by atoms with Crippen molar-refractivity contribution in [3.05, 3.63) is 60.0 Å². The standard InChI is InChI=1S/C17H15N3O2/c1-20-17-13(10-18-20)12(9-16(21)19-17)15-8-7-14(22-15)11-5-3-2-4-6-11/h2-8,10,12H,9H2,1H3,(H,19,21)/t12-/m1/s1. The van der Waals surface area contributed by atoms with E-state index in [1.807, 2.05) is 49.5 Å². The lowest BCUT2D eigenvalue weighted by Crippen LogP contribution is -2.24. The van der Waals surface area contributed by atoms with Gasteiger partial charge in [0.2, 0.25) is 5.91 Å². The summed E-state index contributed by atoms with van der Waals surface area (Å²) in [6.45, 7) is 0. The van der Waals surface area contributed by atoms with Gasteiger partial charge in [-0.2, -0.15) is 5.10 Å². The first kappa shape index (κ1) is 12.9. The Labute approximate surface area is 127 Å². The van der Waals surface area contributed by atoms with Crippen molar-refractivity contribution in [2.75, 3.05) is 5.32 Å². The van der Waals surface area contributed by atoms with Gasteiger partial charge in [-0.05, 0) is 12.1 Å². The number of fused-ring (bicyclic) bond motifs is 1. The Kier molecular flexibility index (Phi) is 2.85. The van der Waals surface area contributed by atoms with Crippen LogP contribution in [0.25, 0.3) is 11.3 Å². The molecule has 0 spiro atoms. The first-order chi connectivity index (χ1) is 10.7. The minimum Gasteiger partial charge on any atom is -0.460 e. The van der Waals surface area contributed by atoms with Gasteiger partial charge in [-0.25, -0.2) is 0 Å². The largest absolute Gasteiger partial charge is 0.460 e. The maximum atomic E-state index is 11.9. The quantitative estimate of drug-likeness (QED) is 0.789. The molecule has 2 aromatic heterocycles. The van der Waals surface area contributed by atoms with E-state index in [0.29, 0.717) is 6.42 Å². The van der Waals surface area contributed by atoms with Gasteiger partial charge in [-0.15, -0.1) is 0 Å². The summed E-state index contributed by atoms with van der Waals surface area (Å²) in [6, 6.07) is 13.8. The zero-order valence-corrected chi connectivity index (χ0v) is 12.1. The number of furan rings is 1. The molecule has 4 rings (SSSR count). The van der Waals surface area contributed by atoms with Crippen molar-refractivity contribution in [3.8, 4) is 11.3 Å². The van der Waals surface area contributed by atoms with Gasteiger partial charge in [0.25, 0.3) is 0 Å². The van der Waals surface area contributed by atoms with E-state index in [-0.39, 0.29) is 11.8 Å². The number of aryl methyl sites for hydroxylation is 1. The summed E-state index contributed by atoms with van der Waals surface area (Å²) in [5.74, 6) is 2.25. The summed E-state index contributed by atoms with van der Waals surface area (Å²) in [7, 11) is 1.82. The van der Waals surface area contributed by atoms with Crippen LogP contribution in [0.15, 0.2) is 53.1 Å². The average Bonchev–Trinajstić information content (AvgIpc) is 3.16. The van der Waals surface area contributed by atoms with E-state index in [0.717, 1.165) is 28.5 Å². The third kappa shape index (κ3) is 2.02. The molecule has 110 valence electrons. The van der Waals surface area contributed by atoms with Crippen LogP contribution in [-0.4, -0.2) is 15.7 Å². The second-order valence-corrected chi connectivity index (χ2v) is 5.45. The van der Waals surface area contributed by atoms with Crippen LogP contribution >= 0.6 is 0 Å². The molecule has 0 aliphatic carbocycles. The zero-order chi connectivity index (χ0) is 15.1. The molecular formula is C17H15N3O2. The highest BCUT2D eigenvalue weighted by Crippen LogP contribution is 2.38. The van der Waals surface area contributed by atoms with Crippen LogP contribution in [0.4, 0.5) is 5.82 Å². The summed E-state index contributed by atoms with van der Waals surface area (Å²) < 4.78 is 7.69. The molecule has 1 aromatic carbocycles. The van der Waals surface area contributed by atoms with Crippen molar-refractivity contribution in [3.63, 3.8) is 0 Å². The molecule has 1 aliphatic heterocycles. The van der Waals surface area contributed by atoms with E-state index in [2.05, 4.69) is 10.4 Å². The fraction of sp³-hybridized carbons (Fsp3) is 0.176. The predicted octanol–water partition coefficient (Wildman–Crippen LogP) is 3.15. The number of hydrogen-bond acceptors (Lipinski definition) is 3. The molecule has 1 N–H and O–H groups in total. The highest BCUT2D eigenvalue weighted by molar-refractivity contribution is 5.94. The molecule has 0 unspecified atom stereocenters. The van der Waals surface area contributed by atoms with Crippen LogP contribution in [0.3, 0.4) is 0 Å². The van der Waals surface area contributed by atoms with Gasteiger partial charge in [0, 0.05) is 24.6 Å². The monoisotopic (exact) mass is 293 g/mol. The molecule has 0 radical (unpaired) electrons. The third-order valence-corrected chi connectivity index (χ3v) is 4.02. The van der Waals surface area contributed by atoms with Crippen molar-refractivity contribution in [1.82, 2.24) is 9.78 Å². The number of aromatic nitrogens is 2. The SMILES string of the molecule is Cn1ncc2c1NC(=O)C[C@H]2c1ccc(-c2ccccc2)o1. The Morgan fingerprint density at radius 1 is 1.23 bits per heavy atom. The highest BCUT2D eigenvalue weighted by Gasteiger charge is 2.31. The molecule has 0 bridgehead atoms. The number of carbonyl (C=O) groups is 1. The van der Waals surface area contributed by atoms with E-state index in [9.17, 15) is 4.79 Å². The van der Waals surface area contributed by atoms with E-state index in [1.54, 1.807) is 10.9 Å². The van der Waals surface area contributed by atoms with Crippen molar-refractivity contribution in [2.45, 2.75) is 12.3 Å². The predicted molar refractivity (Wildman–Crippen MR) is 82.4 cm³/mol. The number of hydrogen-bond donors (Lipinski definition) is 1. The van der Waals surface area contributed by atoms with Crippen LogP contribution in [0.2, 0.25) is 0 Å². The number of nitrogens with one attached hydrogen (secondary N) is 1. The third-order valence-electron chi connectivity index (χ3n) is 4.02. The Morgan fingerprint density at radius 3 is 2.86 bits per heavy atom. The second-order valence-electron chi connectivity index (χ2n) is 5.45. The van der Waals surface area contributed by atoms with Crippen LogP contribution in [0, 0.1) is 0 Å². The van der Waals surface area contributed by atoms with Gasteiger partial charge in [0.15, 0.2) is 0 Å². The molecule has 0 saturated heterocycles. The molecular weight excluding hydrogens is 278 g/mol. The van der Waals surface area contributed by atoms with Crippen LogP contribution in [0.1, 0.15) is 23.7 Å². The fourth-order valence-corrected chi connectivity index (χ4v) is 2.89. The van der Waals surface area contributed by atoms with Gasteiger partial charge in [-0.1, -0.05) is 30.3 Å². The number of nitrogens with zero attached hydrogens (tertiary/aromatic N) is 2. The molecule has 1 amide bonds. The Hall–Kier alpha value is -2.82. The van der Waals surface area contributed by atoms with Crippen LogP contribution in [-0.2, 0) is 11.8 Å². The summed E-state index contributed by atoms with van der Waals surface area (Å²) in [6.07, 6.45) is 2.17. The van der Waals surface area contributed by atoms with Crippen molar-refractivity contribution < 1.29 is 9.21 Å². The van der Waals surface area contributed by atoms with Crippen molar-refractivity contribution in [1.29, 1.82) is 0 Å². The van der Waals surface area contributed by atoms with Gasteiger partial charge in [-0.3, -0.25) is 9.48 Å². The maximum absolute atomic E-state index is 11.9. The Bertz CT molecular complexity index is 833. The minimum absolute atomic E-state index is 0.0150. The molecule has 0 saturated carbocycles. The summed E-state index contributed by atoms with van der Waals surface area (Å²) in [4.78, 5) is 11.9. The first-order valence-electron chi connectivity index (χ1n) is 7.19. The average molecular weight is 293 g/mol. The van der Waals surface area contributed by atoms with Crippen LogP contribution in [0.5, 0.6) is 0 Å². The lowest BCUT2D eigenvalue weighted by molar-refractivity contribution is -0.116. The van der Waals surface area contributed by atoms with Crippen molar-refractivity contribution in [2.24, 2.45) is 7.05 Å². The molecule has 3 aromatic rings. The first-order valence-corrected chi connectivity index (χ1v) is 7.19. The molecule has 0 fully saturated rings. The number of benzene rings is 1. The Morgan fingerprint density at radius 2 is 2.05 bits per heavy atom. The van der Waals surface area contributed by atoms with E-state index in [4.69, 9.17) is 4.42 Å². The minimum atomic E-state index is -0.0880. The molecule has 5 nitrogen and oxygen atoms in total.